The Hall–Kier alpha value is -3.62. The van der Waals surface area contributed by atoms with E-state index in [-0.39, 0.29) is 5.69 Å². The fraction of sp³-hybridized carbons (Fsp3) is 0.200. The van der Waals surface area contributed by atoms with Gasteiger partial charge in [0.25, 0.3) is 5.91 Å². The molecule has 0 aliphatic heterocycles. The number of anilines is 1. The van der Waals surface area contributed by atoms with E-state index in [0.717, 1.165) is 18.2 Å². The molecule has 0 bridgehead atoms. The summed E-state index contributed by atoms with van der Waals surface area (Å²) in [6, 6.07) is 5.92. The van der Waals surface area contributed by atoms with Gasteiger partial charge in [-0.05, 0) is 35.9 Å². The Bertz CT molecular complexity index is 904. The molecular weight excluding hydrogens is 388 g/mol. The van der Waals surface area contributed by atoms with Gasteiger partial charge in [-0.2, -0.15) is 0 Å². The highest BCUT2D eigenvalue weighted by atomic mass is 19.1. The Morgan fingerprint density at radius 1 is 1.00 bits per heavy atom. The molecule has 0 aliphatic rings. The second-order valence-corrected chi connectivity index (χ2v) is 5.57. The number of amides is 1. The number of nitrogens with one attached hydrogen (secondary N) is 1. The van der Waals surface area contributed by atoms with E-state index in [1.807, 2.05) is 0 Å². The molecule has 154 valence electrons. The predicted molar refractivity (Wildman–Crippen MR) is 101 cm³/mol. The van der Waals surface area contributed by atoms with Crippen molar-refractivity contribution in [3.8, 4) is 17.2 Å². The Balaban J connectivity index is 1.96. The van der Waals surface area contributed by atoms with Gasteiger partial charge in [-0.3, -0.25) is 4.79 Å². The summed E-state index contributed by atoms with van der Waals surface area (Å²) in [5, 5.41) is 2.18. The van der Waals surface area contributed by atoms with E-state index in [4.69, 9.17) is 18.9 Å². The summed E-state index contributed by atoms with van der Waals surface area (Å²) in [4.78, 5) is 23.6. The molecule has 0 atom stereocenters. The van der Waals surface area contributed by atoms with Crippen molar-refractivity contribution in [1.29, 1.82) is 0 Å². The third kappa shape index (κ3) is 5.93. The van der Waals surface area contributed by atoms with Crippen LogP contribution in [0.5, 0.6) is 17.2 Å². The lowest BCUT2D eigenvalue weighted by atomic mass is 10.1. The minimum absolute atomic E-state index is 0.222. The molecule has 0 saturated heterocycles. The highest BCUT2D eigenvalue weighted by Gasteiger charge is 2.13. The lowest BCUT2D eigenvalue weighted by Gasteiger charge is -2.12. The number of carbonyl (C=O) groups is 2. The summed E-state index contributed by atoms with van der Waals surface area (Å²) in [7, 11) is 4.39. The first-order valence-electron chi connectivity index (χ1n) is 8.27. The average molecular weight is 407 g/mol. The zero-order valence-corrected chi connectivity index (χ0v) is 16.0. The van der Waals surface area contributed by atoms with Crippen molar-refractivity contribution in [3.05, 3.63) is 53.6 Å². The van der Waals surface area contributed by atoms with Crippen LogP contribution in [-0.2, 0) is 14.3 Å². The van der Waals surface area contributed by atoms with Crippen LogP contribution in [0.25, 0.3) is 6.08 Å². The van der Waals surface area contributed by atoms with Crippen LogP contribution in [0.4, 0.5) is 14.5 Å². The first-order chi connectivity index (χ1) is 13.9. The molecule has 2 aromatic carbocycles. The molecule has 0 radical (unpaired) electrons. The van der Waals surface area contributed by atoms with Gasteiger partial charge in [-0.25, -0.2) is 13.6 Å². The quantitative estimate of drug-likeness (QED) is 0.535. The van der Waals surface area contributed by atoms with Crippen LogP contribution in [-0.4, -0.2) is 39.8 Å². The first-order valence-corrected chi connectivity index (χ1v) is 8.27. The van der Waals surface area contributed by atoms with Crippen LogP contribution in [0.3, 0.4) is 0 Å². The third-order valence-corrected chi connectivity index (χ3v) is 3.65. The second kappa shape index (κ2) is 10.1. The standard InChI is InChI=1S/C20H19F2NO6/c1-26-16-8-12(9-17(27-2)20(16)28-3)4-7-19(25)29-11-18(24)23-15-6-5-13(21)10-14(15)22/h4-10H,11H2,1-3H3,(H,23,24). The molecule has 0 saturated carbocycles. The van der Waals surface area contributed by atoms with Gasteiger partial charge in [0.15, 0.2) is 18.1 Å². The molecule has 0 heterocycles. The van der Waals surface area contributed by atoms with E-state index in [9.17, 15) is 18.4 Å². The highest BCUT2D eigenvalue weighted by molar-refractivity contribution is 5.94. The van der Waals surface area contributed by atoms with Crippen LogP contribution in [0.15, 0.2) is 36.4 Å². The van der Waals surface area contributed by atoms with Crippen molar-refractivity contribution >= 4 is 23.6 Å². The molecule has 0 unspecified atom stereocenters. The summed E-state index contributed by atoms with van der Waals surface area (Å²) >= 11 is 0. The smallest absolute Gasteiger partial charge is 0.331 e. The fourth-order valence-electron chi connectivity index (χ4n) is 2.32. The Morgan fingerprint density at radius 3 is 2.21 bits per heavy atom. The molecule has 1 N–H and O–H groups in total. The largest absolute Gasteiger partial charge is 0.493 e. The molecule has 1 amide bonds. The maximum absolute atomic E-state index is 13.5. The van der Waals surface area contributed by atoms with Gasteiger partial charge in [-0.1, -0.05) is 0 Å². The van der Waals surface area contributed by atoms with Gasteiger partial charge in [0.2, 0.25) is 5.75 Å². The first kappa shape index (κ1) is 21.7. The summed E-state index contributed by atoms with van der Waals surface area (Å²) in [6.45, 7) is -0.644. The molecule has 0 aliphatic carbocycles. The second-order valence-electron chi connectivity index (χ2n) is 5.57. The number of carbonyl (C=O) groups excluding carboxylic acids is 2. The summed E-state index contributed by atoms with van der Waals surface area (Å²) in [6.07, 6.45) is 2.54. The van der Waals surface area contributed by atoms with Gasteiger partial charge in [-0.15, -0.1) is 0 Å². The molecule has 0 aromatic heterocycles. The lowest BCUT2D eigenvalue weighted by Crippen LogP contribution is -2.20. The van der Waals surface area contributed by atoms with Crippen LogP contribution in [0, 0.1) is 11.6 Å². The number of rotatable bonds is 8. The predicted octanol–water partition coefficient (Wildman–Crippen LogP) is 3.19. The molecule has 7 nitrogen and oxygen atoms in total. The Kier molecular flexibility index (Phi) is 7.53. The summed E-state index contributed by atoms with van der Waals surface area (Å²) in [5.41, 5.74) is 0.342. The normalized spacial score (nSPS) is 10.5. The van der Waals surface area contributed by atoms with Crippen molar-refractivity contribution in [2.45, 2.75) is 0 Å². The number of methoxy groups -OCH3 is 3. The minimum atomic E-state index is -0.938. The molecule has 9 heteroatoms. The molecule has 2 rings (SSSR count). The number of benzene rings is 2. The SMILES string of the molecule is COc1cc(C=CC(=O)OCC(=O)Nc2ccc(F)cc2F)cc(OC)c1OC. The number of hydrogen-bond donors (Lipinski definition) is 1. The maximum Gasteiger partial charge on any atom is 0.331 e. The number of hydrogen-bond acceptors (Lipinski definition) is 6. The van der Waals surface area contributed by atoms with Crippen LogP contribution < -0.4 is 19.5 Å². The van der Waals surface area contributed by atoms with E-state index >= 15 is 0 Å². The van der Waals surface area contributed by atoms with Gasteiger partial charge in [0.05, 0.1) is 27.0 Å². The van der Waals surface area contributed by atoms with E-state index in [2.05, 4.69) is 5.32 Å². The topological polar surface area (TPSA) is 83.1 Å². The van der Waals surface area contributed by atoms with Crippen molar-refractivity contribution in [2.24, 2.45) is 0 Å². The number of ether oxygens (including phenoxy) is 4. The van der Waals surface area contributed by atoms with Gasteiger partial charge in [0.1, 0.15) is 11.6 Å². The van der Waals surface area contributed by atoms with Crippen molar-refractivity contribution in [3.63, 3.8) is 0 Å². The van der Waals surface area contributed by atoms with E-state index in [1.165, 1.54) is 27.4 Å². The molecule has 0 spiro atoms. The number of halogens is 2. The van der Waals surface area contributed by atoms with Crippen LogP contribution in [0.1, 0.15) is 5.56 Å². The third-order valence-electron chi connectivity index (χ3n) is 3.65. The molecule has 29 heavy (non-hydrogen) atoms. The van der Waals surface area contributed by atoms with Crippen LogP contribution >= 0.6 is 0 Å². The van der Waals surface area contributed by atoms with Crippen molar-refractivity contribution in [1.82, 2.24) is 0 Å². The van der Waals surface area contributed by atoms with Gasteiger partial charge in [0, 0.05) is 12.1 Å². The molecule has 0 fully saturated rings. The Morgan fingerprint density at radius 2 is 1.66 bits per heavy atom. The zero-order valence-electron chi connectivity index (χ0n) is 16.0. The zero-order chi connectivity index (χ0) is 21.4. The average Bonchev–Trinajstić information content (AvgIpc) is 2.71. The lowest BCUT2D eigenvalue weighted by molar-refractivity contribution is -0.142. The highest BCUT2D eigenvalue weighted by Crippen LogP contribution is 2.38. The monoisotopic (exact) mass is 407 g/mol. The molecular formula is C20H19F2NO6. The van der Waals surface area contributed by atoms with Crippen molar-refractivity contribution < 1.29 is 37.3 Å². The number of esters is 1. The van der Waals surface area contributed by atoms with Crippen LogP contribution in [0.2, 0.25) is 0 Å². The molecule has 2 aromatic rings. The maximum atomic E-state index is 13.5. The minimum Gasteiger partial charge on any atom is -0.493 e. The van der Waals surface area contributed by atoms with E-state index < -0.39 is 30.1 Å². The van der Waals surface area contributed by atoms with Gasteiger partial charge >= 0.3 is 5.97 Å². The Labute approximate surface area is 165 Å². The van der Waals surface area contributed by atoms with E-state index in [1.54, 1.807) is 12.1 Å². The summed E-state index contributed by atoms with van der Waals surface area (Å²) in [5.74, 6) is -2.07. The summed E-state index contributed by atoms with van der Waals surface area (Å²) < 4.78 is 46.8. The van der Waals surface area contributed by atoms with Crippen molar-refractivity contribution in [2.75, 3.05) is 33.3 Å². The van der Waals surface area contributed by atoms with E-state index in [0.29, 0.717) is 28.9 Å². The fourth-order valence-corrected chi connectivity index (χ4v) is 2.32. The van der Waals surface area contributed by atoms with Gasteiger partial charge < -0.3 is 24.3 Å².